The van der Waals surface area contributed by atoms with Crippen LogP contribution < -0.4 is 0 Å². The van der Waals surface area contributed by atoms with E-state index in [-0.39, 0.29) is 25.0 Å². The van der Waals surface area contributed by atoms with Crippen LogP contribution in [0.2, 0.25) is 0 Å². The van der Waals surface area contributed by atoms with Crippen LogP contribution in [0.1, 0.15) is 60.3 Å². The van der Waals surface area contributed by atoms with Crippen LogP contribution in [0.25, 0.3) is 0 Å². The van der Waals surface area contributed by atoms with E-state index in [2.05, 4.69) is 6.58 Å². The molecule has 216 valence electrons. The number of carbonyl (C=O) groups is 4. The van der Waals surface area contributed by atoms with Crippen molar-refractivity contribution >= 4 is 35.5 Å². The average molecular weight is 571 g/mol. The summed E-state index contributed by atoms with van der Waals surface area (Å²) in [7, 11) is 0. The zero-order chi connectivity index (χ0) is 28.7. The van der Waals surface area contributed by atoms with E-state index in [0.717, 1.165) is 0 Å². The smallest absolute Gasteiger partial charge is 0.312 e. The molecule has 0 unspecified atom stereocenters. The van der Waals surface area contributed by atoms with Gasteiger partial charge in [0.15, 0.2) is 17.5 Å². The highest BCUT2D eigenvalue weighted by Gasteiger charge is 2.80. The molecule has 5 fully saturated rings. The van der Waals surface area contributed by atoms with Gasteiger partial charge in [-0.3, -0.25) is 19.2 Å². The summed E-state index contributed by atoms with van der Waals surface area (Å²) < 4.78 is 36.1. The molecule has 0 aromatic rings. The molecule has 11 atom stereocenters. The molecule has 39 heavy (non-hydrogen) atoms. The molecule has 4 saturated heterocycles. The van der Waals surface area contributed by atoms with Crippen LogP contribution >= 0.6 is 11.6 Å². The SMILES string of the molecule is C=C1[C@@H](Cl)[C@H]2OC(=O)[C@@H](C)[C@@]23O[C@]1(O)C[C@@H](OC(=O)CC)[C@@]1(C)[C@H]([C@H]3OC(C)=O)[C@@]2(CC[C@H]1OC(C)=O)CO2. The highest BCUT2D eigenvalue weighted by Crippen LogP contribution is 2.66. The molecule has 5 aliphatic rings. The second-order valence-electron chi connectivity index (χ2n) is 11.6. The van der Waals surface area contributed by atoms with E-state index in [1.807, 2.05) is 0 Å². The van der Waals surface area contributed by atoms with Crippen molar-refractivity contribution in [2.45, 2.75) is 107 Å². The lowest BCUT2D eigenvalue weighted by Crippen LogP contribution is -2.76. The number of esters is 4. The van der Waals surface area contributed by atoms with Crippen molar-refractivity contribution < 1.29 is 52.7 Å². The number of ether oxygens (including phenoxy) is 6. The first kappa shape index (κ1) is 28.3. The minimum absolute atomic E-state index is 0.00472. The van der Waals surface area contributed by atoms with Crippen LogP contribution in [0.15, 0.2) is 12.2 Å². The summed E-state index contributed by atoms with van der Waals surface area (Å²) in [6.07, 6.45) is -3.89. The summed E-state index contributed by atoms with van der Waals surface area (Å²) in [5.41, 5.74) is -3.90. The molecular weight excluding hydrogens is 536 g/mol. The zero-order valence-corrected chi connectivity index (χ0v) is 23.4. The maximum absolute atomic E-state index is 13.1. The standard InChI is InChI=1S/C27H35ClO11/c1-7-18(31)37-17-10-26(33)12(2)19(28)21-27(39-26,13(3)23(32)38-21)22(36-15(5)30)20-24(17,6)16(35-14(4)29)8-9-25(20)11-34-25/h13,16-17,19-22,33H,2,7-11H2,1,3-6H3/t13-,16-,17-,19-,20+,21-,22-,24+,25-,26-,27-/m1/s1. The number of halogens is 1. The van der Waals surface area contributed by atoms with Gasteiger partial charge in [-0.1, -0.05) is 20.4 Å². The first-order valence-electron chi connectivity index (χ1n) is 13.3. The second kappa shape index (κ2) is 9.15. The van der Waals surface area contributed by atoms with Gasteiger partial charge in [0, 0.05) is 38.2 Å². The fraction of sp³-hybridized carbons (Fsp3) is 0.778. The molecule has 2 bridgehead atoms. The number of hydrogen-bond donors (Lipinski definition) is 1. The van der Waals surface area contributed by atoms with E-state index in [1.165, 1.54) is 13.8 Å². The summed E-state index contributed by atoms with van der Waals surface area (Å²) in [5.74, 6) is -6.50. The van der Waals surface area contributed by atoms with E-state index in [4.69, 9.17) is 40.0 Å². The van der Waals surface area contributed by atoms with Gasteiger partial charge in [0.2, 0.25) is 0 Å². The largest absolute Gasteiger partial charge is 0.462 e. The Labute approximate surface area is 231 Å². The molecule has 0 aromatic carbocycles. The Morgan fingerprint density at radius 1 is 1.15 bits per heavy atom. The fourth-order valence-electron chi connectivity index (χ4n) is 7.48. The molecule has 2 spiro atoms. The van der Waals surface area contributed by atoms with Gasteiger partial charge in [-0.25, -0.2) is 0 Å². The molecule has 1 saturated carbocycles. The van der Waals surface area contributed by atoms with Gasteiger partial charge in [-0.2, -0.15) is 0 Å². The molecule has 11 nitrogen and oxygen atoms in total. The van der Waals surface area contributed by atoms with Gasteiger partial charge >= 0.3 is 23.9 Å². The number of epoxide rings is 1. The maximum Gasteiger partial charge on any atom is 0.312 e. The molecule has 1 aliphatic carbocycles. The number of fused-ring (bicyclic) bond motifs is 3. The van der Waals surface area contributed by atoms with Crippen molar-refractivity contribution in [2.24, 2.45) is 17.3 Å². The maximum atomic E-state index is 13.1. The second-order valence-corrected chi connectivity index (χ2v) is 12.1. The van der Waals surface area contributed by atoms with Crippen LogP contribution in [-0.2, 0) is 47.6 Å². The van der Waals surface area contributed by atoms with Crippen LogP contribution in [0.3, 0.4) is 0 Å². The molecule has 4 heterocycles. The van der Waals surface area contributed by atoms with Crippen LogP contribution in [0.4, 0.5) is 0 Å². The first-order valence-corrected chi connectivity index (χ1v) is 13.7. The number of aliphatic hydroxyl groups is 1. The van der Waals surface area contributed by atoms with Gasteiger partial charge in [0.25, 0.3) is 0 Å². The predicted octanol–water partition coefficient (Wildman–Crippen LogP) is 1.94. The minimum Gasteiger partial charge on any atom is -0.462 e. The lowest BCUT2D eigenvalue weighted by molar-refractivity contribution is -0.353. The third kappa shape index (κ3) is 3.94. The summed E-state index contributed by atoms with van der Waals surface area (Å²) in [4.78, 5) is 50.9. The minimum atomic E-state index is -2.22. The Balaban J connectivity index is 1.81. The Morgan fingerprint density at radius 3 is 2.36 bits per heavy atom. The molecular formula is C27H35ClO11. The van der Waals surface area contributed by atoms with Gasteiger partial charge in [0.05, 0.1) is 28.9 Å². The molecule has 4 aliphatic heterocycles. The molecule has 0 radical (unpaired) electrons. The van der Waals surface area contributed by atoms with Gasteiger partial charge in [-0.15, -0.1) is 11.6 Å². The van der Waals surface area contributed by atoms with Gasteiger partial charge in [-0.05, 0) is 19.8 Å². The molecule has 1 N–H and O–H groups in total. The van der Waals surface area contributed by atoms with Crippen molar-refractivity contribution in [3.05, 3.63) is 12.2 Å². The van der Waals surface area contributed by atoms with Crippen LogP contribution in [0, 0.1) is 17.3 Å². The quantitative estimate of drug-likeness (QED) is 0.174. The predicted molar refractivity (Wildman–Crippen MR) is 132 cm³/mol. The van der Waals surface area contributed by atoms with Gasteiger partial charge < -0.3 is 33.5 Å². The third-order valence-corrected chi connectivity index (χ3v) is 10.00. The number of alkyl halides is 1. The zero-order valence-electron chi connectivity index (χ0n) is 22.7. The van der Waals surface area contributed by atoms with Crippen molar-refractivity contribution in [3.63, 3.8) is 0 Å². The summed E-state index contributed by atoms with van der Waals surface area (Å²) >= 11 is 6.82. The van der Waals surface area contributed by atoms with Crippen molar-refractivity contribution in [1.82, 2.24) is 0 Å². The summed E-state index contributed by atoms with van der Waals surface area (Å²) in [6.45, 7) is 11.7. The van der Waals surface area contributed by atoms with E-state index in [1.54, 1.807) is 20.8 Å². The van der Waals surface area contributed by atoms with Crippen LogP contribution in [0.5, 0.6) is 0 Å². The number of carbonyl (C=O) groups excluding carboxylic acids is 4. The topological polar surface area (TPSA) is 147 Å². The lowest BCUT2D eigenvalue weighted by atomic mass is 9.51. The molecule has 5 rings (SSSR count). The Hall–Kier alpha value is -2.21. The Kier molecular flexibility index (Phi) is 6.65. The van der Waals surface area contributed by atoms with E-state index >= 15 is 0 Å². The van der Waals surface area contributed by atoms with Crippen LogP contribution in [-0.4, -0.2) is 82.4 Å². The highest BCUT2D eigenvalue weighted by molar-refractivity contribution is 6.23. The van der Waals surface area contributed by atoms with Crippen molar-refractivity contribution in [2.75, 3.05) is 6.61 Å². The highest BCUT2D eigenvalue weighted by atomic mass is 35.5. The first-order chi connectivity index (χ1) is 18.2. The van der Waals surface area contributed by atoms with E-state index < -0.39 is 87.9 Å². The van der Waals surface area contributed by atoms with E-state index in [9.17, 15) is 24.3 Å². The van der Waals surface area contributed by atoms with Crippen molar-refractivity contribution in [1.29, 1.82) is 0 Å². The third-order valence-electron chi connectivity index (χ3n) is 9.51. The van der Waals surface area contributed by atoms with E-state index in [0.29, 0.717) is 12.8 Å². The summed E-state index contributed by atoms with van der Waals surface area (Å²) in [6, 6.07) is 0. The summed E-state index contributed by atoms with van der Waals surface area (Å²) in [5, 5.41) is 11.0. The normalized spacial score (nSPS) is 48.1. The molecule has 0 aromatic heterocycles. The van der Waals surface area contributed by atoms with Gasteiger partial charge in [0.1, 0.15) is 18.3 Å². The number of hydrogen-bond acceptors (Lipinski definition) is 11. The van der Waals surface area contributed by atoms with Crippen molar-refractivity contribution in [3.8, 4) is 0 Å². The fourth-order valence-corrected chi connectivity index (χ4v) is 7.90. The number of rotatable bonds is 4. The Bertz CT molecular complexity index is 1120. The monoisotopic (exact) mass is 570 g/mol. The Morgan fingerprint density at radius 2 is 1.79 bits per heavy atom. The lowest BCUT2D eigenvalue weighted by Gasteiger charge is -2.62. The average Bonchev–Trinajstić information content (AvgIpc) is 3.58. The molecule has 0 amide bonds. The molecule has 12 heteroatoms.